The van der Waals surface area contributed by atoms with Crippen LogP contribution in [0.2, 0.25) is 0 Å². The number of rotatable bonds is 15. The number of unbranched alkanes of at least 4 members (excludes halogenated alkanes) is 6. The molecule has 0 aliphatic carbocycles. The minimum absolute atomic E-state index is 0.923. The van der Waals surface area contributed by atoms with E-state index in [0.717, 1.165) is 24.1 Å². The summed E-state index contributed by atoms with van der Waals surface area (Å²) < 4.78 is 0. The highest BCUT2D eigenvalue weighted by molar-refractivity contribution is 8.77. The maximum atomic E-state index is 2.63. The Kier molecular flexibility index (Phi) is 11.9. The molecule has 198 valence electrons. The molecule has 0 aromatic heterocycles. The Morgan fingerprint density at radius 2 is 1.67 bits per heavy atom. The predicted molar refractivity (Wildman–Crippen MR) is 165 cm³/mol. The third-order valence-electron chi connectivity index (χ3n) is 8.29. The van der Waals surface area contributed by atoms with Crippen LogP contribution >= 0.6 is 21.6 Å². The van der Waals surface area contributed by atoms with Crippen LogP contribution in [0, 0.1) is 5.92 Å². The van der Waals surface area contributed by atoms with E-state index in [9.17, 15) is 0 Å². The summed E-state index contributed by atoms with van der Waals surface area (Å²) in [7, 11) is 4.33. The molecule has 2 aromatic carbocycles. The molecule has 0 spiro atoms. The Morgan fingerprint density at radius 3 is 2.50 bits per heavy atom. The minimum Gasteiger partial charge on any atom is -0.341 e. The van der Waals surface area contributed by atoms with Gasteiger partial charge in [0.1, 0.15) is 0 Å². The van der Waals surface area contributed by atoms with Crippen LogP contribution < -0.4 is 4.90 Å². The molecule has 2 atom stereocenters. The van der Waals surface area contributed by atoms with Crippen molar-refractivity contribution in [2.45, 2.75) is 115 Å². The van der Waals surface area contributed by atoms with E-state index < -0.39 is 0 Å². The smallest absolute Gasteiger partial charge is 0.0449 e. The van der Waals surface area contributed by atoms with Crippen molar-refractivity contribution < 1.29 is 0 Å². The first-order valence-corrected chi connectivity index (χ1v) is 17.4. The molecular formula is C33H49NS2. The number of aryl methyl sites for hydroxylation is 1. The van der Waals surface area contributed by atoms with Gasteiger partial charge < -0.3 is 4.90 Å². The van der Waals surface area contributed by atoms with E-state index >= 15 is 0 Å². The second kappa shape index (κ2) is 15.4. The molecular weight excluding hydrogens is 475 g/mol. The van der Waals surface area contributed by atoms with Crippen molar-refractivity contribution in [2.24, 2.45) is 5.92 Å². The Bertz CT molecular complexity index is 904. The van der Waals surface area contributed by atoms with Crippen LogP contribution in [0.3, 0.4) is 0 Å². The highest BCUT2D eigenvalue weighted by Crippen LogP contribution is 2.43. The molecule has 1 fully saturated rings. The number of para-hydroxylation sites is 1. The standard InChI is InChI=1S/C33H49NS2/c1-3-5-6-13-24-34-31-21-12-11-19-29(31)26-30-27(20-14-22-32(30)34)17-9-7-8-10-18-28(16-4-2)33-23-15-25-35-36-33/h11-12,14,19-22,28,33H,3-10,13,15-18,23-26H2,1-2H3. The number of hydrogen-bond acceptors (Lipinski definition) is 3. The Morgan fingerprint density at radius 1 is 0.833 bits per heavy atom. The van der Waals surface area contributed by atoms with Gasteiger partial charge in [0.15, 0.2) is 0 Å². The van der Waals surface area contributed by atoms with Gasteiger partial charge in [-0.2, -0.15) is 0 Å². The summed E-state index contributed by atoms with van der Waals surface area (Å²) in [5, 5.41) is 0.923. The molecule has 0 saturated carbocycles. The highest BCUT2D eigenvalue weighted by Gasteiger charge is 2.25. The first kappa shape index (κ1) is 28.0. The molecule has 2 unspecified atom stereocenters. The van der Waals surface area contributed by atoms with Crippen molar-refractivity contribution in [1.82, 2.24) is 0 Å². The molecule has 0 bridgehead atoms. The average Bonchev–Trinajstić information content (AvgIpc) is 2.92. The Hall–Kier alpha value is -1.06. The molecule has 1 saturated heterocycles. The summed E-state index contributed by atoms with van der Waals surface area (Å²) in [4.78, 5) is 2.63. The summed E-state index contributed by atoms with van der Waals surface area (Å²) in [6.07, 6.45) is 20.3. The fourth-order valence-electron chi connectivity index (χ4n) is 6.30. The number of nitrogens with zero attached hydrogens (tertiary/aromatic N) is 1. The third-order valence-corrected chi connectivity index (χ3v) is 11.4. The molecule has 0 amide bonds. The van der Waals surface area contributed by atoms with E-state index in [4.69, 9.17) is 0 Å². The fourth-order valence-corrected chi connectivity index (χ4v) is 9.47. The SMILES string of the molecule is CCCCCCN1c2ccccc2Cc2c(CCCCCCC(CCC)C3CCCSS3)cccc21. The monoisotopic (exact) mass is 523 g/mol. The molecule has 4 rings (SSSR count). The summed E-state index contributed by atoms with van der Waals surface area (Å²) in [6, 6.07) is 16.2. The normalized spacial score (nSPS) is 18.1. The molecule has 1 nitrogen and oxygen atoms in total. The van der Waals surface area contributed by atoms with Crippen LogP contribution in [0.4, 0.5) is 11.4 Å². The maximum Gasteiger partial charge on any atom is 0.0449 e. The van der Waals surface area contributed by atoms with Crippen LogP contribution in [0.25, 0.3) is 0 Å². The lowest BCUT2D eigenvalue weighted by atomic mass is 9.89. The van der Waals surface area contributed by atoms with Gasteiger partial charge in [0.25, 0.3) is 0 Å². The van der Waals surface area contributed by atoms with Crippen molar-refractivity contribution in [2.75, 3.05) is 17.2 Å². The average molecular weight is 524 g/mol. The molecule has 2 aromatic rings. The Balaban J connectivity index is 1.30. The quantitative estimate of drug-likeness (QED) is 0.169. The fraction of sp³-hybridized carbons (Fsp3) is 0.636. The molecule has 0 N–H and O–H groups in total. The van der Waals surface area contributed by atoms with Gasteiger partial charge >= 0.3 is 0 Å². The van der Waals surface area contributed by atoms with Crippen LogP contribution in [0.15, 0.2) is 42.5 Å². The zero-order valence-electron chi connectivity index (χ0n) is 23.0. The van der Waals surface area contributed by atoms with Crippen molar-refractivity contribution >= 4 is 33.0 Å². The van der Waals surface area contributed by atoms with Gasteiger partial charge in [0.05, 0.1) is 0 Å². The van der Waals surface area contributed by atoms with Crippen molar-refractivity contribution in [3.8, 4) is 0 Å². The van der Waals surface area contributed by atoms with Crippen LogP contribution in [-0.2, 0) is 12.8 Å². The van der Waals surface area contributed by atoms with Crippen LogP contribution in [0.5, 0.6) is 0 Å². The van der Waals surface area contributed by atoms with Gasteiger partial charge in [-0.25, -0.2) is 0 Å². The summed E-state index contributed by atoms with van der Waals surface area (Å²) in [5.41, 5.74) is 7.62. The van der Waals surface area contributed by atoms with E-state index in [1.807, 2.05) is 0 Å². The molecule has 0 radical (unpaired) electrons. The molecule has 2 aliphatic rings. The molecule has 2 aliphatic heterocycles. The van der Waals surface area contributed by atoms with Gasteiger partial charge in [0.2, 0.25) is 0 Å². The third kappa shape index (κ3) is 7.73. The van der Waals surface area contributed by atoms with E-state index in [1.165, 1.54) is 113 Å². The molecule has 36 heavy (non-hydrogen) atoms. The van der Waals surface area contributed by atoms with E-state index in [-0.39, 0.29) is 0 Å². The molecule has 3 heteroatoms. The predicted octanol–water partition coefficient (Wildman–Crippen LogP) is 10.8. The summed E-state index contributed by atoms with van der Waals surface area (Å²) in [5.74, 6) is 2.32. The summed E-state index contributed by atoms with van der Waals surface area (Å²) in [6.45, 7) is 5.82. The zero-order chi connectivity index (χ0) is 25.0. The van der Waals surface area contributed by atoms with Crippen molar-refractivity contribution in [3.63, 3.8) is 0 Å². The van der Waals surface area contributed by atoms with Gasteiger partial charge in [-0.15, -0.1) is 0 Å². The van der Waals surface area contributed by atoms with Gasteiger partial charge in [-0.05, 0) is 79.7 Å². The topological polar surface area (TPSA) is 3.24 Å². The first-order valence-electron chi connectivity index (χ1n) is 15.1. The number of fused-ring (bicyclic) bond motifs is 2. The highest BCUT2D eigenvalue weighted by atomic mass is 33.1. The van der Waals surface area contributed by atoms with Crippen molar-refractivity contribution in [1.29, 1.82) is 0 Å². The largest absolute Gasteiger partial charge is 0.341 e. The van der Waals surface area contributed by atoms with Crippen molar-refractivity contribution in [3.05, 3.63) is 59.2 Å². The zero-order valence-corrected chi connectivity index (χ0v) is 24.6. The van der Waals surface area contributed by atoms with Crippen LogP contribution in [0.1, 0.15) is 114 Å². The second-order valence-electron chi connectivity index (χ2n) is 11.0. The maximum absolute atomic E-state index is 2.63. The van der Waals surface area contributed by atoms with Crippen LogP contribution in [-0.4, -0.2) is 17.5 Å². The lowest BCUT2D eigenvalue weighted by Gasteiger charge is -2.34. The number of benzene rings is 2. The second-order valence-corrected chi connectivity index (χ2v) is 13.8. The lowest BCUT2D eigenvalue weighted by Crippen LogP contribution is -2.25. The van der Waals surface area contributed by atoms with E-state index in [0.29, 0.717) is 0 Å². The lowest BCUT2D eigenvalue weighted by molar-refractivity contribution is 0.395. The van der Waals surface area contributed by atoms with Gasteiger partial charge in [-0.3, -0.25) is 0 Å². The number of hydrogen-bond donors (Lipinski definition) is 0. The van der Waals surface area contributed by atoms with E-state index in [1.54, 1.807) is 11.1 Å². The Labute approximate surface area is 230 Å². The van der Waals surface area contributed by atoms with Gasteiger partial charge in [-0.1, -0.05) is 111 Å². The van der Waals surface area contributed by atoms with E-state index in [2.05, 4.69) is 82.8 Å². The van der Waals surface area contributed by atoms with Gasteiger partial charge in [0, 0.05) is 35.3 Å². The summed E-state index contributed by atoms with van der Waals surface area (Å²) >= 11 is 0. The number of anilines is 2. The molecule has 2 heterocycles. The first-order chi connectivity index (χ1) is 17.8. The minimum atomic E-state index is 0.923.